The van der Waals surface area contributed by atoms with E-state index in [1.54, 1.807) is 19.9 Å². The summed E-state index contributed by atoms with van der Waals surface area (Å²) in [6, 6.07) is 0. The largest absolute Gasteiger partial charge is 0.462 e. The molecule has 37 heavy (non-hydrogen) atoms. The average molecular weight is 545 g/mol. The van der Waals surface area contributed by atoms with E-state index in [0.29, 0.717) is 12.0 Å². The Morgan fingerprint density at radius 2 is 1.65 bits per heavy atom. The predicted molar refractivity (Wildman–Crippen MR) is 130 cm³/mol. The van der Waals surface area contributed by atoms with Crippen LogP contribution < -0.4 is 0 Å². The van der Waals surface area contributed by atoms with Crippen LogP contribution in [0.4, 0.5) is 0 Å². The summed E-state index contributed by atoms with van der Waals surface area (Å²) in [5.41, 5.74) is -2.69. The Balaban J connectivity index is 2.37. The third-order valence-electron chi connectivity index (χ3n) is 8.46. The summed E-state index contributed by atoms with van der Waals surface area (Å²) < 4.78 is 22.9. The standard InChI is InChI=1S/C26H37ClO10/c1-12-18(31)10-20(35-15(4)29)25(6)19(34-14(3)28)8-7-17(11-27)9-21-26(33,13(2)24(32)37-21)23(22(12)25)36-16(5)30/h9,12-13,18-23,31,33H,7-8,10-11H2,1-6H3/b17-9+/t12-,13-,18+,19-,20-,21-,22+,23+,25-,26-/m1/s1. The van der Waals surface area contributed by atoms with Gasteiger partial charge in [-0.3, -0.25) is 19.2 Å². The Kier molecular flexibility index (Phi) is 8.66. The number of halogens is 1. The van der Waals surface area contributed by atoms with E-state index in [9.17, 15) is 29.4 Å². The lowest BCUT2D eigenvalue weighted by atomic mass is 9.52. The highest BCUT2D eigenvalue weighted by Crippen LogP contribution is 2.56. The number of rotatable bonds is 4. The molecule has 1 aliphatic heterocycles. The third-order valence-corrected chi connectivity index (χ3v) is 8.80. The number of hydrogen-bond donors (Lipinski definition) is 2. The monoisotopic (exact) mass is 544 g/mol. The molecule has 1 saturated heterocycles. The first kappa shape index (κ1) is 29.4. The van der Waals surface area contributed by atoms with E-state index < -0.39 is 83.2 Å². The molecular formula is C26H37ClO10. The molecule has 3 aliphatic rings. The maximum absolute atomic E-state index is 12.8. The summed E-state index contributed by atoms with van der Waals surface area (Å²) in [6.07, 6.45) is -3.30. The molecule has 0 unspecified atom stereocenters. The number of fused-ring (bicyclic) bond motifs is 2. The number of aliphatic hydroxyl groups is 2. The van der Waals surface area contributed by atoms with Gasteiger partial charge in [0.2, 0.25) is 0 Å². The molecule has 1 heterocycles. The van der Waals surface area contributed by atoms with Crippen molar-refractivity contribution < 1.29 is 48.3 Å². The molecule has 1 saturated carbocycles. The van der Waals surface area contributed by atoms with Gasteiger partial charge >= 0.3 is 23.9 Å². The zero-order chi connectivity index (χ0) is 27.9. The minimum absolute atomic E-state index is 0.0311. The quantitative estimate of drug-likeness (QED) is 0.233. The SMILES string of the molecule is CC(=O)O[C@@H]1CC/C(CCl)=C\[C@H]2OC(=O)[C@@H](C)[C@]2(O)[C@@H](OC(C)=O)[C@@H]2[C@H](C)[C@@H](O)C[C@@H](OC(C)=O)[C@]21C. The van der Waals surface area contributed by atoms with Crippen molar-refractivity contribution in [2.45, 2.75) is 96.9 Å². The first-order valence-corrected chi connectivity index (χ1v) is 13.1. The van der Waals surface area contributed by atoms with E-state index in [0.717, 1.165) is 0 Å². The first-order valence-electron chi connectivity index (χ1n) is 12.6. The van der Waals surface area contributed by atoms with E-state index in [1.165, 1.54) is 27.7 Å². The Bertz CT molecular complexity index is 965. The molecule has 10 nitrogen and oxygen atoms in total. The molecule has 2 aliphatic carbocycles. The molecular weight excluding hydrogens is 508 g/mol. The number of esters is 4. The van der Waals surface area contributed by atoms with Crippen molar-refractivity contribution in [2.75, 3.05) is 5.88 Å². The fraction of sp³-hybridized carbons (Fsp3) is 0.769. The number of allylic oxidation sites excluding steroid dienone is 1. The van der Waals surface area contributed by atoms with Crippen molar-refractivity contribution in [3.05, 3.63) is 11.6 Å². The first-order chi connectivity index (χ1) is 17.2. The van der Waals surface area contributed by atoms with E-state index >= 15 is 0 Å². The number of carbonyl (C=O) groups excluding carboxylic acids is 4. The summed E-state index contributed by atoms with van der Waals surface area (Å²) in [5, 5.41) is 23.4. The Hall–Kier alpha value is -2.17. The lowest BCUT2D eigenvalue weighted by Gasteiger charge is -2.58. The van der Waals surface area contributed by atoms with Gasteiger partial charge < -0.3 is 29.2 Å². The smallest absolute Gasteiger partial charge is 0.312 e. The zero-order valence-corrected chi connectivity index (χ0v) is 22.8. The maximum atomic E-state index is 12.8. The normalized spacial score (nSPS) is 43.3. The van der Waals surface area contributed by atoms with Crippen LogP contribution in [-0.2, 0) is 38.1 Å². The number of aliphatic hydroxyl groups excluding tert-OH is 1. The van der Waals surface area contributed by atoms with Crippen LogP contribution in [0.5, 0.6) is 0 Å². The summed E-state index contributed by atoms with van der Waals surface area (Å²) >= 11 is 6.21. The molecule has 2 fully saturated rings. The van der Waals surface area contributed by atoms with Crippen LogP contribution in [0.1, 0.15) is 60.8 Å². The molecule has 0 radical (unpaired) electrons. The van der Waals surface area contributed by atoms with Gasteiger partial charge in [-0.2, -0.15) is 0 Å². The van der Waals surface area contributed by atoms with Crippen LogP contribution in [0.25, 0.3) is 0 Å². The molecule has 3 rings (SSSR count). The summed E-state index contributed by atoms with van der Waals surface area (Å²) in [5.74, 6) is -5.24. The maximum Gasteiger partial charge on any atom is 0.312 e. The molecule has 0 aromatic carbocycles. The molecule has 208 valence electrons. The topological polar surface area (TPSA) is 146 Å². The Morgan fingerprint density at radius 3 is 2.19 bits per heavy atom. The molecule has 0 aromatic heterocycles. The fourth-order valence-corrected chi connectivity index (χ4v) is 6.72. The number of hydrogen-bond acceptors (Lipinski definition) is 10. The van der Waals surface area contributed by atoms with Gasteiger partial charge in [0.15, 0.2) is 11.7 Å². The highest BCUT2D eigenvalue weighted by Gasteiger charge is 2.68. The van der Waals surface area contributed by atoms with Crippen LogP contribution in [-0.4, -0.2) is 76.1 Å². The van der Waals surface area contributed by atoms with Crippen LogP contribution >= 0.6 is 11.6 Å². The fourth-order valence-electron chi connectivity index (χ4n) is 6.50. The van der Waals surface area contributed by atoms with Crippen molar-refractivity contribution in [2.24, 2.45) is 23.2 Å². The third kappa shape index (κ3) is 5.25. The van der Waals surface area contributed by atoms with Gasteiger partial charge in [0.1, 0.15) is 18.3 Å². The van der Waals surface area contributed by atoms with Crippen LogP contribution in [0.2, 0.25) is 0 Å². The highest BCUT2D eigenvalue weighted by atomic mass is 35.5. The zero-order valence-electron chi connectivity index (χ0n) is 22.1. The second-order valence-electron chi connectivity index (χ2n) is 10.7. The Morgan fingerprint density at radius 1 is 1.08 bits per heavy atom. The van der Waals surface area contributed by atoms with E-state index in [4.69, 9.17) is 30.5 Å². The highest BCUT2D eigenvalue weighted by molar-refractivity contribution is 6.19. The summed E-state index contributed by atoms with van der Waals surface area (Å²) in [6.45, 7) is 8.61. The molecule has 10 atom stereocenters. The minimum atomic E-state index is -2.06. The lowest BCUT2D eigenvalue weighted by molar-refractivity contribution is -0.250. The number of ether oxygens (including phenoxy) is 4. The predicted octanol–water partition coefficient (Wildman–Crippen LogP) is 2.06. The van der Waals surface area contributed by atoms with Gasteiger partial charge in [0, 0.05) is 44.4 Å². The van der Waals surface area contributed by atoms with Crippen molar-refractivity contribution in [1.82, 2.24) is 0 Å². The van der Waals surface area contributed by atoms with Gasteiger partial charge in [0.25, 0.3) is 0 Å². The second kappa shape index (κ2) is 10.9. The second-order valence-corrected chi connectivity index (χ2v) is 11.0. The summed E-state index contributed by atoms with van der Waals surface area (Å²) in [4.78, 5) is 49.7. The van der Waals surface area contributed by atoms with E-state index in [-0.39, 0.29) is 18.7 Å². The summed E-state index contributed by atoms with van der Waals surface area (Å²) in [7, 11) is 0. The number of carbonyl (C=O) groups is 4. The van der Waals surface area contributed by atoms with Crippen molar-refractivity contribution in [3.8, 4) is 0 Å². The van der Waals surface area contributed by atoms with E-state index in [1.807, 2.05) is 0 Å². The van der Waals surface area contributed by atoms with Gasteiger partial charge in [-0.05, 0) is 31.8 Å². The van der Waals surface area contributed by atoms with Crippen molar-refractivity contribution in [1.29, 1.82) is 0 Å². The lowest BCUT2D eigenvalue weighted by Crippen LogP contribution is -2.68. The van der Waals surface area contributed by atoms with Gasteiger partial charge in [-0.25, -0.2) is 0 Å². The van der Waals surface area contributed by atoms with Crippen molar-refractivity contribution >= 4 is 35.5 Å². The van der Waals surface area contributed by atoms with Crippen LogP contribution in [0.15, 0.2) is 11.6 Å². The molecule has 0 bridgehead atoms. The molecule has 0 spiro atoms. The van der Waals surface area contributed by atoms with Gasteiger partial charge in [-0.15, -0.1) is 11.6 Å². The van der Waals surface area contributed by atoms with Gasteiger partial charge in [0.05, 0.1) is 12.0 Å². The molecule has 0 aromatic rings. The van der Waals surface area contributed by atoms with Crippen LogP contribution in [0, 0.1) is 23.2 Å². The molecule has 2 N–H and O–H groups in total. The average Bonchev–Trinajstić information content (AvgIpc) is 3.01. The van der Waals surface area contributed by atoms with Gasteiger partial charge in [-0.1, -0.05) is 19.4 Å². The Labute approximate surface area is 221 Å². The number of alkyl halides is 1. The minimum Gasteiger partial charge on any atom is -0.462 e. The molecule has 11 heteroatoms. The van der Waals surface area contributed by atoms with Crippen LogP contribution in [0.3, 0.4) is 0 Å². The molecule has 0 amide bonds. The van der Waals surface area contributed by atoms with Crippen molar-refractivity contribution in [3.63, 3.8) is 0 Å². The van der Waals surface area contributed by atoms with E-state index in [2.05, 4.69) is 0 Å².